The van der Waals surface area contributed by atoms with Crippen molar-refractivity contribution in [3.8, 4) is 0 Å². The molecule has 22 heavy (non-hydrogen) atoms. The van der Waals surface area contributed by atoms with Crippen LogP contribution in [0.4, 0.5) is 0 Å². The number of allylic oxidation sites excluding steroid dienone is 1. The lowest BCUT2D eigenvalue weighted by atomic mass is 9.98. The first-order valence-electron chi connectivity index (χ1n) is 9.57. The maximum absolute atomic E-state index is 3.95. The molecule has 2 rings (SSSR count). The van der Waals surface area contributed by atoms with Gasteiger partial charge in [-0.15, -0.1) is 0 Å². The molecule has 2 aliphatic rings. The van der Waals surface area contributed by atoms with Gasteiger partial charge in [0.2, 0.25) is 0 Å². The summed E-state index contributed by atoms with van der Waals surface area (Å²) >= 11 is 0. The van der Waals surface area contributed by atoms with Crippen LogP contribution in [0.2, 0.25) is 0 Å². The SMILES string of the molecule is C=C(C)NC1CCN(C2CCN(CC)CC2)CC1.CC.CC. The molecule has 3 heteroatoms. The third kappa shape index (κ3) is 7.64. The summed E-state index contributed by atoms with van der Waals surface area (Å²) in [5.74, 6) is 0. The number of piperidine rings is 2. The third-order valence-corrected chi connectivity index (χ3v) is 4.50. The van der Waals surface area contributed by atoms with Gasteiger partial charge in [-0.1, -0.05) is 41.2 Å². The zero-order valence-electron chi connectivity index (χ0n) is 16.1. The highest BCUT2D eigenvalue weighted by Crippen LogP contribution is 2.21. The molecule has 0 aromatic rings. The second kappa shape index (κ2) is 13.0. The summed E-state index contributed by atoms with van der Waals surface area (Å²) in [6, 6.07) is 1.51. The first kappa shape index (κ1) is 21.5. The molecule has 132 valence electrons. The van der Waals surface area contributed by atoms with Gasteiger partial charge in [-0.05, 0) is 52.2 Å². The van der Waals surface area contributed by atoms with Crippen molar-refractivity contribution >= 4 is 0 Å². The van der Waals surface area contributed by atoms with E-state index in [4.69, 9.17) is 0 Å². The lowest BCUT2D eigenvalue weighted by Crippen LogP contribution is -2.50. The van der Waals surface area contributed by atoms with Gasteiger partial charge in [-0.25, -0.2) is 0 Å². The van der Waals surface area contributed by atoms with Crippen LogP contribution in [0.3, 0.4) is 0 Å². The molecule has 0 aliphatic carbocycles. The quantitative estimate of drug-likeness (QED) is 0.843. The Morgan fingerprint density at radius 3 is 1.86 bits per heavy atom. The molecule has 0 radical (unpaired) electrons. The van der Waals surface area contributed by atoms with Gasteiger partial charge in [-0.2, -0.15) is 0 Å². The largest absolute Gasteiger partial charge is 0.386 e. The summed E-state index contributed by atoms with van der Waals surface area (Å²) < 4.78 is 0. The van der Waals surface area contributed by atoms with E-state index in [9.17, 15) is 0 Å². The van der Waals surface area contributed by atoms with Gasteiger partial charge in [0.15, 0.2) is 0 Å². The molecule has 2 fully saturated rings. The number of hydrogen-bond acceptors (Lipinski definition) is 3. The molecule has 0 bridgehead atoms. The minimum Gasteiger partial charge on any atom is -0.386 e. The minimum absolute atomic E-state index is 0.662. The average Bonchev–Trinajstić information content (AvgIpc) is 2.59. The second-order valence-corrected chi connectivity index (χ2v) is 5.90. The molecule has 2 saturated heterocycles. The molecule has 2 heterocycles. The summed E-state index contributed by atoms with van der Waals surface area (Å²) in [7, 11) is 0. The van der Waals surface area contributed by atoms with Crippen LogP contribution in [0.5, 0.6) is 0 Å². The van der Waals surface area contributed by atoms with Crippen molar-refractivity contribution in [2.24, 2.45) is 0 Å². The predicted molar refractivity (Wildman–Crippen MR) is 100 cm³/mol. The summed E-state index contributed by atoms with van der Waals surface area (Å²) in [6.45, 7) is 22.6. The van der Waals surface area contributed by atoms with Crippen LogP contribution in [-0.2, 0) is 0 Å². The van der Waals surface area contributed by atoms with Crippen LogP contribution in [0.25, 0.3) is 0 Å². The Balaban J connectivity index is 0.00000102. The molecule has 0 aromatic heterocycles. The van der Waals surface area contributed by atoms with Gasteiger partial charge in [0.1, 0.15) is 0 Å². The molecule has 0 unspecified atom stereocenters. The summed E-state index contributed by atoms with van der Waals surface area (Å²) in [5, 5.41) is 3.49. The molecule has 1 N–H and O–H groups in total. The maximum atomic E-state index is 3.95. The van der Waals surface area contributed by atoms with Crippen LogP contribution in [0, 0.1) is 0 Å². The maximum Gasteiger partial charge on any atom is 0.0282 e. The molecule has 0 spiro atoms. The van der Waals surface area contributed by atoms with E-state index >= 15 is 0 Å². The fraction of sp³-hybridized carbons (Fsp3) is 0.895. The highest BCUT2D eigenvalue weighted by atomic mass is 15.2. The van der Waals surface area contributed by atoms with E-state index in [1.54, 1.807) is 0 Å². The Bertz CT molecular complexity index is 262. The predicted octanol–water partition coefficient (Wildman–Crippen LogP) is 4.11. The van der Waals surface area contributed by atoms with E-state index in [0.717, 1.165) is 11.7 Å². The molecule has 0 saturated carbocycles. The monoisotopic (exact) mass is 311 g/mol. The molecule has 0 amide bonds. The van der Waals surface area contributed by atoms with E-state index in [-0.39, 0.29) is 0 Å². The second-order valence-electron chi connectivity index (χ2n) is 5.90. The zero-order chi connectivity index (χ0) is 17.0. The van der Waals surface area contributed by atoms with Crippen molar-refractivity contribution in [1.29, 1.82) is 0 Å². The van der Waals surface area contributed by atoms with Crippen LogP contribution >= 0.6 is 0 Å². The Hall–Kier alpha value is -0.540. The van der Waals surface area contributed by atoms with E-state index < -0.39 is 0 Å². The third-order valence-electron chi connectivity index (χ3n) is 4.50. The summed E-state index contributed by atoms with van der Waals surface area (Å²) in [4.78, 5) is 5.30. The van der Waals surface area contributed by atoms with Gasteiger partial charge < -0.3 is 15.1 Å². The average molecular weight is 312 g/mol. The molecular formula is C19H41N3. The van der Waals surface area contributed by atoms with Gasteiger partial charge in [-0.3, -0.25) is 0 Å². The Kier molecular flexibility index (Phi) is 12.6. The van der Waals surface area contributed by atoms with Gasteiger partial charge in [0.05, 0.1) is 0 Å². The fourth-order valence-corrected chi connectivity index (χ4v) is 3.36. The molecule has 0 aromatic carbocycles. The van der Waals surface area contributed by atoms with E-state index in [1.807, 2.05) is 27.7 Å². The minimum atomic E-state index is 0.662. The van der Waals surface area contributed by atoms with Gasteiger partial charge in [0.25, 0.3) is 0 Å². The highest BCUT2D eigenvalue weighted by molar-refractivity contribution is 4.92. The van der Waals surface area contributed by atoms with Crippen molar-refractivity contribution in [2.45, 2.75) is 79.3 Å². The summed E-state index contributed by atoms with van der Waals surface area (Å²) in [5.41, 5.74) is 1.12. The van der Waals surface area contributed by atoms with Crippen LogP contribution < -0.4 is 5.32 Å². The molecular weight excluding hydrogens is 270 g/mol. The lowest BCUT2D eigenvalue weighted by Gasteiger charge is -2.42. The van der Waals surface area contributed by atoms with E-state index in [1.165, 1.54) is 58.4 Å². The fourth-order valence-electron chi connectivity index (χ4n) is 3.36. The zero-order valence-corrected chi connectivity index (χ0v) is 16.1. The standard InChI is InChI=1S/C15H29N3.2C2H6/c1-4-17-9-7-15(8-10-17)18-11-5-14(6-12-18)16-13(2)3;2*1-2/h14-16H,2,4-12H2,1,3H3;2*1-2H3. The topological polar surface area (TPSA) is 18.5 Å². The highest BCUT2D eigenvalue weighted by Gasteiger charge is 2.27. The molecule has 0 atom stereocenters. The number of nitrogens with zero attached hydrogens (tertiary/aromatic N) is 2. The summed E-state index contributed by atoms with van der Waals surface area (Å²) in [6.07, 6.45) is 5.29. The number of rotatable bonds is 4. The Morgan fingerprint density at radius 2 is 1.45 bits per heavy atom. The number of hydrogen-bond donors (Lipinski definition) is 1. The normalized spacial score (nSPS) is 21.2. The van der Waals surface area contributed by atoms with Gasteiger partial charge in [0, 0.05) is 30.9 Å². The van der Waals surface area contributed by atoms with Crippen molar-refractivity contribution in [3.05, 3.63) is 12.3 Å². The van der Waals surface area contributed by atoms with Crippen LogP contribution in [0.15, 0.2) is 12.3 Å². The molecule has 3 nitrogen and oxygen atoms in total. The molecule has 2 aliphatic heterocycles. The smallest absolute Gasteiger partial charge is 0.0282 e. The van der Waals surface area contributed by atoms with Gasteiger partial charge >= 0.3 is 0 Å². The Morgan fingerprint density at radius 1 is 0.955 bits per heavy atom. The number of likely N-dealkylation sites (tertiary alicyclic amines) is 2. The van der Waals surface area contributed by atoms with Crippen LogP contribution in [0.1, 0.15) is 67.2 Å². The first-order valence-corrected chi connectivity index (χ1v) is 9.57. The van der Waals surface area contributed by atoms with Crippen molar-refractivity contribution in [1.82, 2.24) is 15.1 Å². The first-order chi connectivity index (χ1) is 10.7. The van der Waals surface area contributed by atoms with Crippen molar-refractivity contribution in [2.75, 3.05) is 32.7 Å². The number of nitrogens with one attached hydrogen (secondary N) is 1. The van der Waals surface area contributed by atoms with Crippen LogP contribution in [-0.4, -0.2) is 54.6 Å². The van der Waals surface area contributed by atoms with Crippen molar-refractivity contribution in [3.63, 3.8) is 0 Å². The van der Waals surface area contributed by atoms with E-state index in [2.05, 4.69) is 35.5 Å². The van der Waals surface area contributed by atoms with Crippen molar-refractivity contribution < 1.29 is 0 Å². The van der Waals surface area contributed by atoms with E-state index in [0.29, 0.717) is 6.04 Å². The lowest BCUT2D eigenvalue weighted by molar-refractivity contribution is 0.0869. The Labute approximate surface area is 140 Å².